The Bertz CT molecular complexity index is 539. The van der Waals surface area contributed by atoms with E-state index >= 15 is 0 Å². The minimum atomic E-state index is 0.444. The molecule has 2 aromatic rings. The number of rotatable bonds is 3. The van der Waals surface area contributed by atoms with E-state index < -0.39 is 0 Å². The Morgan fingerprint density at radius 2 is 1.94 bits per heavy atom. The number of nitrogen functional groups attached to an aromatic ring is 1. The Kier molecular flexibility index (Phi) is 3.28. The van der Waals surface area contributed by atoms with E-state index in [1.54, 1.807) is 11.8 Å². The highest BCUT2D eigenvalue weighted by atomic mass is 16.5. The molecule has 0 bridgehead atoms. The maximum atomic E-state index is 5.82. The van der Waals surface area contributed by atoms with Crippen LogP contribution in [-0.2, 0) is 7.05 Å². The maximum Gasteiger partial charge on any atom is 0.121 e. The molecule has 0 fully saturated rings. The Morgan fingerprint density at radius 3 is 2.44 bits per heavy atom. The van der Waals surface area contributed by atoms with E-state index in [-0.39, 0.29) is 0 Å². The van der Waals surface area contributed by atoms with E-state index in [0.29, 0.717) is 11.7 Å². The lowest BCUT2D eigenvalue weighted by molar-refractivity contribution is 0.414. The van der Waals surface area contributed by atoms with Gasteiger partial charge in [-0.1, -0.05) is 13.8 Å². The first-order valence-electron chi connectivity index (χ1n) is 6.00. The highest BCUT2D eigenvalue weighted by Gasteiger charge is 2.09. The van der Waals surface area contributed by atoms with Gasteiger partial charge < -0.3 is 10.5 Å². The van der Waals surface area contributed by atoms with Gasteiger partial charge in [0.1, 0.15) is 11.6 Å². The number of benzene rings is 1. The Balaban J connectivity index is 2.52. The molecule has 0 unspecified atom stereocenters. The summed E-state index contributed by atoms with van der Waals surface area (Å²) in [6.45, 7) is 4.32. The minimum Gasteiger partial charge on any atom is -0.497 e. The molecule has 0 radical (unpaired) electrons. The van der Waals surface area contributed by atoms with Crippen LogP contribution < -0.4 is 10.5 Å². The quantitative estimate of drug-likeness (QED) is 0.904. The van der Waals surface area contributed by atoms with Gasteiger partial charge in [0.05, 0.1) is 12.8 Å². The second-order valence-corrected chi connectivity index (χ2v) is 4.73. The topological polar surface area (TPSA) is 53.1 Å². The SMILES string of the molecule is COc1cc(-c2cc(N)n(C)n2)cc(C(C)C)c1. The van der Waals surface area contributed by atoms with Crippen molar-refractivity contribution in [1.82, 2.24) is 9.78 Å². The highest BCUT2D eigenvalue weighted by Crippen LogP contribution is 2.29. The molecule has 0 saturated carbocycles. The Hall–Kier alpha value is -1.97. The first kappa shape index (κ1) is 12.5. The van der Waals surface area contributed by atoms with Crippen molar-refractivity contribution in [2.75, 3.05) is 12.8 Å². The van der Waals surface area contributed by atoms with E-state index in [2.05, 4.69) is 31.1 Å². The Labute approximate surface area is 107 Å². The van der Waals surface area contributed by atoms with Crippen molar-refractivity contribution in [2.45, 2.75) is 19.8 Å². The largest absolute Gasteiger partial charge is 0.497 e. The van der Waals surface area contributed by atoms with E-state index in [9.17, 15) is 0 Å². The van der Waals surface area contributed by atoms with Crippen LogP contribution in [0.2, 0.25) is 0 Å². The fraction of sp³-hybridized carbons (Fsp3) is 0.357. The van der Waals surface area contributed by atoms with Gasteiger partial charge in [0, 0.05) is 18.7 Å². The minimum absolute atomic E-state index is 0.444. The molecular weight excluding hydrogens is 226 g/mol. The van der Waals surface area contributed by atoms with Gasteiger partial charge in [-0.3, -0.25) is 4.68 Å². The third-order valence-corrected chi connectivity index (χ3v) is 3.04. The van der Waals surface area contributed by atoms with E-state index in [1.165, 1.54) is 5.56 Å². The number of hydrogen-bond acceptors (Lipinski definition) is 3. The molecule has 0 aliphatic rings. The van der Waals surface area contributed by atoms with Crippen LogP contribution in [0.4, 0.5) is 5.82 Å². The van der Waals surface area contributed by atoms with Crippen molar-refractivity contribution in [3.8, 4) is 17.0 Å². The molecule has 0 atom stereocenters. The average molecular weight is 245 g/mol. The number of methoxy groups -OCH3 is 1. The Morgan fingerprint density at radius 1 is 1.22 bits per heavy atom. The van der Waals surface area contributed by atoms with Crippen molar-refractivity contribution < 1.29 is 4.74 Å². The molecule has 0 aliphatic carbocycles. The van der Waals surface area contributed by atoms with Gasteiger partial charge in [-0.2, -0.15) is 5.10 Å². The standard InChI is InChI=1S/C14H19N3O/c1-9(2)10-5-11(7-12(6-10)18-4)13-8-14(15)17(3)16-13/h5-9H,15H2,1-4H3. The van der Waals surface area contributed by atoms with Gasteiger partial charge in [-0.05, 0) is 29.7 Å². The van der Waals surface area contributed by atoms with Crippen LogP contribution in [0.15, 0.2) is 24.3 Å². The summed E-state index contributed by atoms with van der Waals surface area (Å²) >= 11 is 0. The summed E-state index contributed by atoms with van der Waals surface area (Å²) in [7, 11) is 3.51. The fourth-order valence-corrected chi connectivity index (χ4v) is 1.84. The van der Waals surface area contributed by atoms with Crippen molar-refractivity contribution in [1.29, 1.82) is 0 Å². The van der Waals surface area contributed by atoms with Gasteiger partial charge >= 0.3 is 0 Å². The fourth-order valence-electron chi connectivity index (χ4n) is 1.84. The van der Waals surface area contributed by atoms with Crippen LogP contribution in [0, 0.1) is 0 Å². The average Bonchev–Trinajstić information content (AvgIpc) is 2.69. The lowest BCUT2D eigenvalue weighted by Crippen LogP contribution is -1.96. The van der Waals surface area contributed by atoms with Crippen LogP contribution in [0.5, 0.6) is 5.75 Å². The third-order valence-electron chi connectivity index (χ3n) is 3.04. The van der Waals surface area contributed by atoms with Crippen molar-refractivity contribution in [3.05, 3.63) is 29.8 Å². The molecule has 0 saturated heterocycles. The predicted molar refractivity (Wildman–Crippen MR) is 73.7 cm³/mol. The lowest BCUT2D eigenvalue weighted by atomic mass is 9.99. The molecule has 0 spiro atoms. The van der Waals surface area contributed by atoms with Crippen molar-refractivity contribution in [2.24, 2.45) is 7.05 Å². The molecule has 0 aliphatic heterocycles. The zero-order chi connectivity index (χ0) is 13.3. The number of anilines is 1. The number of hydrogen-bond donors (Lipinski definition) is 1. The van der Waals surface area contributed by atoms with E-state index in [4.69, 9.17) is 10.5 Å². The molecule has 1 aromatic carbocycles. The first-order chi connectivity index (χ1) is 8.51. The molecule has 1 aromatic heterocycles. The van der Waals surface area contributed by atoms with Crippen molar-refractivity contribution >= 4 is 5.82 Å². The molecule has 96 valence electrons. The van der Waals surface area contributed by atoms with E-state index in [1.807, 2.05) is 19.2 Å². The van der Waals surface area contributed by atoms with Gasteiger partial charge in [0.25, 0.3) is 0 Å². The number of nitrogens with zero attached hydrogens (tertiary/aromatic N) is 2. The van der Waals surface area contributed by atoms with E-state index in [0.717, 1.165) is 17.0 Å². The number of aromatic nitrogens is 2. The van der Waals surface area contributed by atoms with Gasteiger partial charge in [-0.15, -0.1) is 0 Å². The summed E-state index contributed by atoms with van der Waals surface area (Å²) in [6, 6.07) is 8.04. The molecule has 2 rings (SSSR count). The van der Waals surface area contributed by atoms with Crippen LogP contribution in [-0.4, -0.2) is 16.9 Å². The summed E-state index contributed by atoms with van der Waals surface area (Å²) in [6.07, 6.45) is 0. The molecule has 18 heavy (non-hydrogen) atoms. The van der Waals surface area contributed by atoms with Crippen LogP contribution in [0.25, 0.3) is 11.3 Å². The molecule has 4 nitrogen and oxygen atoms in total. The molecule has 1 heterocycles. The van der Waals surface area contributed by atoms with Gasteiger partial charge in [-0.25, -0.2) is 0 Å². The van der Waals surface area contributed by atoms with Crippen LogP contribution >= 0.6 is 0 Å². The van der Waals surface area contributed by atoms with Crippen molar-refractivity contribution in [3.63, 3.8) is 0 Å². The zero-order valence-corrected chi connectivity index (χ0v) is 11.3. The summed E-state index contributed by atoms with van der Waals surface area (Å²) in [5, 5.41) is 4.39. The maximum absolute atomic E-state index is 5.82. The smallest absolute Gasteiger partial charge is 0.121 e. The number of ether oxygens (including phenoxy) is 1. The monoisotopic (exact) mass is 245 g/mol. The lowest BCUT2D eigenvalue weighted by Gasteiger charge is -2.10. The first-order valence-corrected chi connectivity index (χ1v) is 6.00. The zero-order valence-electron chi connectivity index (χ0n) is 11.3. The summed E-state index contributed by atoms with van der Waals surface area (Å²) in [5.41, 5.74) is 8.95. The third kappa shape index (κ3) is 2.32. The second kappa shape index (κ2) is 4.72. The second-order valence-electron chi connectivity index (χ2n) is 4.73. The number of nitrogens with two attached hydrogens (primary N) is 1. The summed E-state index contributed by atoms with van der Waals surface area (Å²) in [4.78, 5) is 0. The molecular formula is C14H19N3O. The van der Waals surface area contributed by atoms with Crippen LogP contribution in [0.1, 0.15) is 25.3 Å². The van der Waals surface area contributed by atoms with Gasteiger partial charge in [0.15, 0.2) is 0 Å². The van der Waals surface area contributed by atoms with Crippen LogP contribution in [0.3, 0.4) is 0 Å². The summed E-state index contributed by atoms with van der Waals surface area (Å²) in [5.74, 6) is 1.94. The molecule has 2 N–H and O–H groups in total. The number of aryl methyl sites for hydroxylation is 1. The molecule has 4 heteroatoms. The highest BCUT2D eigenvalue weighted by molar-refractivity contribution is 5.65. The molecule has 0 amide bonds. The summed E-state index contributed by atoms with van der Waals surface area (Å²) < 4.78 is 7.01. The van der Waals surface area contributed by atoms with Gasteiger partial charge in [0.2, 0.25) is 0 Å². The predicted octanol–water partition coefficient (Wildman–Crippen LogP) is 2.80. The normalized spacial score (nSPS) is 10.9.